The molecule has 2 fully saturated rings. The van der Waals surface area contributed by atoms with Gasteiger partial charge in [0.2, 0.25) is 5.67 Å². The molecule has 0 aromatic heterocycles. The second-order valence-corrected chi connectivity index (χ2v) is 7.78. The molecular weight excluding hydrogens is 396 g/mol. The summed E-state index contributed by atoms with van der Waals surface area (Å²) in [5, 5.41) is 11.1. The number of nitro groups is 1. The lowest BCUT2D eigenvalue weighted by atomic mass is 9.93. The van der Waals surface area contributed by atoms with Crippen LogP contribution in [-0.2, 0) is 11.3 Å². The van der Waals surface area contributed by atoms with Gasteiger partial charge in [-0.1, -0.05) is 36.4 Å². The number of halogens is 2. The first-order chi connectivity index (χ1) is 14.2. The van der Waals surface area contributed by atoms with Crippen molar-refractivity contribution in [1.29, 1.82) is 0 Å². The highest BCUT2D eigenvalue weighted by Crippen LogP contribution is 2.46. The fourth-order valence-corrected chi connectivity index (χ4v) is 4.25. The first-order valence-corrected chi connectivity index (χ1v) is 9.41. The van der Waals surface area contributed by atoms with Crippen LogP contribution < -0.4 is 0 Å². The summed E-state index contributed by atoms with van der Waals surface area (Å²) in [6.45, 7) is -0.300. The monoisotopic (exact) mass is 415 g/mol. The summed E-state index contributed by atoms with van der Waals surface area (Å²) in [5.74, 6) is -1.72. The van der Waals surface area contributed by atoms with Gasteiger partial charge in [-0.3, -0.25) is 19.7 Å². The number of hydrogen-bond donors (Lipinski definition) is 0. The van der Waals surface area contributed by atoms with Crippen molar-refractivity contribution in [3.05, 3.63) is 75.3 Å². The number of amides is 2. The molecule has 0 aliphatic carbocycles. The van der Waals surface area contributed by atoms with Crippen molar-refractivity contribution in [2.24, 2.45) is 0 Å². The van der Waals surface area contributed by atoms with Gasteiger partial charge in [0.1, 0.15) is 0 Å². The number of rotatable bonds is 4. The number of carbonyl (C=O) groups is 2. The molecule has 156 valence electrons. The van der Waals surface area contributed by atoms with Crippen LogP contribution >= 0.6 is 0 Å². The highest BCUT2D eigenvalue weighted by atomic mass is 19.2. The summed E-state index contributed by atoms with van der Waals surface area (Å²) in [5.41, 5.74) is -4.78. The lowest BCUT2D eigenvalue weighted by molar-refractivity contribution is -0.385. The number of carbonyl (C=O) groups excluding carboxylic acids is 2. The molecule has 2 aliphatic heterocycles. The molecule has 2 saturated heterocycles. The number of likely N-dealkylation sites (tertiary alicyclic amines) is 2. The zero-order valence-corrected chi connectivity index (χ0v) is 16.2. The van der Waals surface area contributed by atoms with E-state index in [1.165, 1.54) is 25.1 Å². The van der Waals surface area contributed by atoms with Crippen molar-refractivity contribution in [2.45, 2.75) is 24.8 Å². The molecule has 2 amide bonds. The molecule has 4 rings (SSSR count). The maximum atomic E-state index is 15.6. The van der Waals surface area contributed by atoms with E-state index in [4.69, 9.17) is 0 Å². The van der Waals surface area contributed by atoms with Crippen LogP contribution in [0.4, 0.5) is 14.5 Å². The maximum Gasteiger partial charge on any atom is 0.273 e. The van der Waals surface area contributed by atoms with Crippen LogP contribution in [0.25, 0.3) is 0 Å². The first kappa shape index (κ1) is 19.9. The SMILES string of the molecule is Cc1c(C(=O)N2C[C@]3(F)CN(Cc4ccccc4)C(=O)[C@]3(F)C2)cccc1[N+](=O)[O-]. The minimum atomic E-state index is -2.84. The largest absolute Gasteiger partial charge is 0.332 e. The molecule has 2 aromatic rings. The number of benzene rings is 2. The van der Waals surface area contributed by atoms with Crippen LogP contribution in [0.2, 0.25) is 0 Å². The number of fused-ring (bicyclic) bond motifs is 1. The van der Waals surface area contributed by atoms with Gasteiger partial charge in [0.05, 0.1) is 24.6 Å². The van der Waals surface area contributed by atoms with Crippen LogP contribution in [0.15, 0.2) is 48.5 Å². The summed E-state index contributed by atoms with van der Waals surface area (Å²) in [7, 11) is 0. The molecule has 0 saturated carbocycles. The van der Waals surface area contributed by atoms with Crippen molar-refractivity contribution in [2.75, 3.05) is 19.6 Å². The van der Waals surface area contributed by atoms with Crippen LogP contribution in [0.5, 0.6) is 0 Å². The first-order valence-electron chi connectivity index (χ1n) is 9.41. The molecule has 0 bridgehead atoms. The van der Waals surface area contributed by atoms with Gasteiger partial charge in [-0.2, -0.15) is 0 Å². The molecule has 30 heavy (non-hydrogen) atoms. The van der Waals surface area contributed by atoms with Crippen molar-refractivity contribution >= 4 is 17.5 Å². The highest BCUT2D eigenvalue weighted by molar-refractivity contribution is 5.99. The zero-order valence-electron chi connectivity index (χ0n) is 16.2. The summed E-state index contributed by atoms with van der Waals surface area (Å²) < 4.78 is 31.2. The van der Waals surface area contributed by atoms with Gasteiger partial charge < -0.3 is 9.80 Å². The van der Waals surface area contributed by atoms with E-state index in [2.05, 4.69) is 0 Å². The van der Waals surface area contributed by atoms with E-state index < -0.39 is 47.7 Å². The smallest absolute Gasteiger partial charge is 0.273 e. The molecule has 7 nitrogen and oxygen atoms in total. The molecule has 2 aliphatic rings. The van der Waals surface area contributed by atoms with E-state index in [-0.39, 0.29) is 23.4 Å². The van der Waals surface area contributed by atoms with Crippen molar-refractivity contribution in [1.82, 2.24) is 9.80 Å². The number of nitrogens with zero attached hydrogens (tertiary/aromatic N) is 3. The second kappa shape index (κ2) is 6.86. The normalized spacial score (nSPS) is 25.5. The van der Waals surface area contributed by atoms with E-state index in [1.54, 1.807) is 30.3 Å². The summed E-state index contributed by atoms with van der Waals surface area (Å²) >= 11 is 0. The topological polar surface area (TPSA) is 83.8 Å². The lowest BCUT2D eigenvalue weighted by Crippen LogP contribution is -2.47. The van der Waals surface area contributed by atoms with Gasteiger partial charge in [0.15, 0.2) is 5.67 Å². The van der Waals surface area contributed by atoms with Gasteiger partial charge in [0, 0.05) is 23.7 Å². The number of nitro benzene ring substituents is 1. The number of alkyl halides is 2. The third-order valence-electron chi connectivity index (χ3n) is 5.86. The fraction of sp³-hybridized carbons (Fsp3) is 0.333. The molecule has 0 N–H and O–H groups in total. The Balaban J connectivity index is 1.57. The molecule has 2 aromatic carbocycles. The Morgan fingerprint density at radius 3 is 2.43 bits per heavy atom. The van der Waals surface area contributed by atoms with Crippen molar-refractivity contribution in [3.63, 3.8) is 0 Å². The van der Waals surface area contributed by atoms with Crippen LogP contribution in [0.3, 0.4) is 0 Å². The molecular formula is C21H19F2N3O4. The maximum absolute atomic E-state index is 15.6. The van der Waals surface area contributed by atoms with Gasteiger partial charge in [-0.25, -0.2) is 8.78 Å². The van der Waals surface area contributed by atoms with Crippen LogP contribution in [0, 0.1) is 17.0 Å². The Kier molecular flexibility index (Phi) is 4.56. The van der Waals surface area contributed by atoms with E-state index in [0.717, 1.165) is 15.4 Å². The lowest BCUT2D eigenvalue weighted by Gasteiger charge is -2.23. The van der Waals surface area contributed by atoms with Gasteiger partial charge in [-0.15, -0.1) is 0 Å². The standard InChI is InChI=1S/C21H19F2N3O4/c1-14-16(8-5-9-17(14)26(29)30)18(27)25-12-20(22)11-24(19(28)21(20,23)13-25)10-15-6-3-2-4-7-15/h2-9H,10-13H2,1H3/t20-,21-/m1/s1. The van der Waals surface area contributed by atoms with E-state index in [9.17, 15) is 19.7 Å². The predicted molar refractivity (Wildman–Crippen MR) is 103 cm³/mol. The molecule has 0 unspecified atom stereocenters. The highest BCUT2D eigenvalue weighted by Gasteiger charge is 2.71. The van der Waals surface area contributed by atoms with Gasteiger partial charge in [-0.05, 0) is 18.6 Å². The summed E-state index contributed by atoms with van der Waals surface area (Å²) in [6, 6.07) is 12.8. The van der Waals surface area contributed by atoms with Gasteiger partial charge >= 0.3 is 0 Å². The Morgan fingerprint density at radius 1 is 1.10 bits per heavy atom. The fourth-order valence-electron chi connectivity index (χ4n) is 4.25. The predicted octanol–water partition coefficient (Wildman–Crippen LogP) is 2.82. The summed E-state index contributed by atoms with van der Waals surface area (Å²) in [6.07, 6.45) is 0. The van der Waals surface area contributed by atoms with Crippen molar-refractivity contribution < 1.29 is 23.3 Å². The zero-order chi connectivity index (χ0) is 21.7. The molecule has 2 atom stereocenters. The molecule has 0 spiro atoms. The van der Waals surface area contributed by atoms with Crippen molar-refractivity contribution in [3.8, 4) is 0 Å². The Labute approximate surface area is 171 Å². The minimum Gasteiger partial charge on any atom is -0.332 e. The number of hydrogen-bond acceptors (Lipinski definition) is 4. The third-order valence-corrected chi connectivity index (χ3v) is 5.86. The molecule has 0 radical (unpaired) electrons. The van der Waals surface area contributed by atoms with E-state index in [0.29, 0.717) is 0 Å². The van der Waals surface area contributed by atoms with Gasteiger partial charge in [0.25, 0.3) is 17.5 Å². The van der Waals surface area contributed by atoms with Crippen LogP contribution in [-0.4, -0.2) is 57.5 Å². The van der Waals surface area contributed by atoms with E-state index in [1.807, 2.05) is 0 Å². The van der Waals surface area contributed by atoms with E-state index >= 15 is 8.78 Å². The average Bonchev–Trinajstić information content (AvgIpc) is 3.07. The Bertz CT molecular complexity index is 1050. The molecule has 9 heteroatoms. The average molecular weight is 415 g/mol. The second-order valence-electron chi connectivity index (χ2n) is 7.78. The molecule has 2 heterocycles. The van der Waals surface area contributed by atoms with Crippen LogP contribution in [0.1, 0.15) is 21.5 Å². The third kappa shape index (κ3) is 2.92. The Morgan fingerprint density at radius 2 is 1.80 bits per heavy atom. The quantitative estimate of drug-likeness (QED) is 0.568. The minimum absolute atomic E-state index is 0.00929. The Hall–Kier alpha value is -3.36. The summed E-state index contributed by atoms with van der Waals surface area (Å²) in [4.78, 5) is 38.2.